The summed E-state index contributed by atoms with van der Waals surface area (Å²) in [6.07, 6.45) is -0.670. The molecule has 1 amide bonds. The molecule has 2 aliphatic rings. The van der Waals surface area contributed by atoms with Gasteiger partial charge in [-0.1, -0.05) is 0 Å². The molecule has 1 N–H and O–H groups in total. The van der Waals surface area contributed by atoms with Gasteiger partial charge in [-0.05, 0) is 33.8 Å². The molecule has 4 rings (SSSR count). The second kappa shape index (κ2) is 7.90. The molecule has 1 saturated heterocycles. The Labute approximate surface area is 189 Å². The second-order valence-electron chi connectivity index (χ2n) is 9.65. The molecular formula is C23H26F2N4O4. The molecule has 8 nitrogen and oxygen atoms in total. The molecule has 3 heterocycles. The van der Waals surface area contributed by atoms with Crippen LogP contribution in [0.4, 0.5) is 19.3 Å². The molecule has 0 saturated carbocycles. The van der Waals surface area contributed by atoms with Crippen LogP contribution in [-0.2, 0) is 4.74 Å². The van der Waals surface area contributed by atoms with E-state index in [0.29, 0.717) is 5.52 Å². The fourth-order valence-electron chi connectivity index (χ4n) is 4.39. The summed E-state index contributed by atoms with van der Waals surface area (Å²) >= 11 is 0. The lowest BCUT2D eigenvalue weighted by Crippen LogP contribution is -2.43. The number of halogens is 2. The topological polar surface area (TPSA) is 96.6 Å². The van der Waals surface area contributed by atoms with Crippen LogP contribution in [0.25, 0.3) is 10.9 Å². The molecule has 1 fully saturated rings. The molecule has 2 atom stereocenters. The number of alkyl carbamates (subject to hydrolysis) is 1. The fraction of sp³-hybridized carbons (Fsp3) is 0.522. The molecule has 1 aromatic heterocycles. The van der Waals surface area contributed by atoms with E-state index in [9.17, 15) is 14.9 Å². The fourth-order valence-corrected chi connectivity index (χ4v) is 4.39. The number of nitrogens with zero attached hydrogens (tertiary/aromatic N) is 3. The largest absolute Gasteiger partial charge is 0.487 e. The summed E-state index contributed by atoms with van der Waals surface area (Å²) in [6, 6.07) is 4.02. The van der Waals surface area contributed by atoms with Crippen LogP contribution in [0.5, 0.6) is 5.75 Å². The average molecular weight is 460 g/mol. The highest BCUT2D eigenvalue weighted by Crippen LogP contribution is 2.44. The minimum Gasteiger partial charge on any atom is -0.487 e. The molecule has 2 aliphatic heterocycles. The van der Waals surface area contributed by atoms with Crippen molar-refractivity contribution in [2.24, 2.45) is 0 Å². The Kier molecular flexibility index (Phi) is 5.47. The van der Waals surface area contributed by atoms with Gasteiger partial charge in [-0.2, -0.15) is 5.26 Å². The lowest BCUT2D eigenvalue weighted by Gasteiger charge is -2.31. The molecule has 1 aromatic carbocycles. The van der Waals surface area contributed by atoms with Crippen molar-refractivity contribution in [2.75, 3.05) is 31.1 Å². The maximum absolute atomic E-state index is 15.5. The number of carbonyl (C=O) groups is 1. The number of nitriles is 1. The van der Waals surface area contributed by atoms with Gasteiger partial charge in [0.1, 0.15) is 29.6 Å². The van der Waals surface area contributed by atoms with E-state index in [1.165, 1.54) is 21.6 Å². The van der Waals surface area contributed by atoms with Crippen molar-refractivity contribution in [3.63, 3.8) is 0 Å². The maximum Gasteiger partial charge on any atom is 0.407 e. The number of hydrogen-bond acceptors (Lipinski definition) is 6. The minimum absolute atomic E-state index is 0.0504. The van der Waals surface area contributed by atoms with Crippen molar-refractivity contribution in [3.8, 4) is 11.8 Å². The Morgan fingerprint density at radius 1 is 1.42 bits per heavy atom. The summed E-state index contributed by atoms with van der Waals surface area (Å²) in [7, 11) is 0. The van der Waals surface area contributed by atoms with Gasteiger partial charge in [0.05, 0.1) is 30.2 Å². The predicted octanol–water partition coefficient (Wildman–Crippen LogP) is 3.41. The van der Waals surface area contributed by atoms with Gasteiger partial charge < -0.3 is 19.7 Å². The van der Waals surface area contributed by atoms with Crippen LogP contribution in [-0.4, -0.2) is 48.2 Å². The zero-order valence-electron chi connectivity index (χ0n) is 19.0. The van der Waals surface area contributed by atoms with Crippen LogP contribution in [0.1, 0.15) is 45.7 Å². The van der Waals surface area contributed by atoms with Crippen LogP contribution in [0, 0.1) is 17.1 Å². The molecule has 10 heteroatoms. The van der Waals surface area contributed by atoms with E-state index in [1.807, 2.05) is 6.07 Å². The number of nitrogens with one attached hydrogen (secondary N) is 1. The van der Waals surface area contributed by atoms with Gasteiger partial charge in [0.2, 0.25) is 0 Å². The van der Waals surface area contributed by atoms with Crippen molar-refractivity contribution in [1.29, 1.82) is 5.26 Å². The third-order valence-corrected chi connectivity index (χ3v) is 5.82. The predicted molar refractivity (Wildman–Crippen MR) is 118 cm³/mol. The van der Waals surface area contributed by atoms with Gasteiger partial charge in [0.15, 0.2) is 11.6 Å². The highest BCUT2D eigenvalue weighted by atomic mass is 19.1. The molecule has 33 heavy (non-hydrogen) atoms. The van der Waals surface area contributed by atoms with E-state index in [2.05, 4.69) is 5.32 Å². The average Bonchev–Trinajstić information content (AvgIpc) is 3.10. The van der Waals surface area contributed by atoms with Gasteiger partial charge in [0.25, 0.3) is 5.56 Å². The highest BCUT2D eigenvalue weighted by Gasteiger charge is 2.42. The molecule has 0 bridgehead atoms. The molecule has 0 aliphatic carbocycles. The van der Waals surface area contributed by atoms with Gasteiger partial charge in [0, 0.05) is 24.4 Å². The lowest BCUT2D eigenvalue weighted by molar-refractivity contribution is 0.0486. The zero-order valence-corrected chi connectivity index (χ0v) is 19.0. The van der Waals surface area contributed by atoms with Crippen molar-refractivity contribution in [3.05, 3.63) is 33.9 Å². The monoisotopic (exact) mass is 460 g/mol. The Hall–Kier alpha value is -3.35. The first-order valence-electron chi connectivity index (χ1n) is 10.8. The van der Waals surface area contributed by atoms with Crippen LogP contribution < -0.4 is 20.5 Å². The number of benzene rings is 1. The third kappa shape index (κ3) is 4.19. The molecule has 176 valence electrons. The van der Waals surface area contributed by atoms with Crippen molar-refractivity contribution >= 4 is 22.7 Å². The maximum atomic E-state index is 15.5. The van der Waals surface area contributed by atoms with Crippen molar-refractivity contribution in [2.45, 2.75) is 51.4 Å². The number of anilines is 1. The molecule has 0 radical (unpaired) electrons. The third-order valence-electron chi connectivity index (χ3n) is 5.82. The SMILES string of the molecule is C[C@H]1COc2c(N3CCC(F)(CNC(=O)OC(C)(C)C)C3)c(F)cc3c(C#N)cc(=O)n1c23. The quantitative estimate of drug-likeness (QED) is 0.754. The summed E-state index contributed by atoms with van der Waals surface area (Å²) in [5, 5.41) is 12.2. The van der Waals surface area contributed by atoms with E-state index in [4.69, 9.17) is 9.47 Å². The normalized spacial score (nSPS) is 22.1. The van der Waals surface area contributed by atoms with Crippen molar-refractivity contribution < 1.29 is 23.0 Å². The summed E-state index contributed by atoms with van der Waals surface area (Å²) in [6.45, 7) is 6.78. The number of rotatable bonds is 3. The van der Waals surface area contributed by atoms with Gasteiger partial charge >= 0.3 is 6.09 Å². The highest BCUT2D eigenvalue weighted by molar-refractivity contribution is 5.95. The van der Waals surface area contributed by atoms with E-state index < -0.39 is 23.2 Å². The van der Waals surface area contributed by atoms with Gasteiger partial charge in [-0.15, -0.1) is 0 Å². The minimum atomic E-state index is -1.80. The summed E-state index contributed by atoms with van der Waals surface area (Å²) in [5.74, 6) is -0.542. The van der Waals surface area contributed by atoms with Crippen LogP contribution in [0.2, 0.25) is 0 Å². The first-order valence-corrected chi connectivity index (χ1v) is 10.8. The first kappa shape index (κ1) is 22.8. The van der Waals surface area contributed by atoms with Crippen LogP contribution in [0.3, 0.4) is 0 Å². The number of aromatic nitrogens is 1. The van der Waals surface area contributed by atoms with Crippen LogP contribution >= 0.6 is 0 Å². The van der Waals surface area contributed by atoms with E-state index in [0.717, 1.165) is 0 Å². The summed E-state index contributed by atoms with van der Waals surface area (Å²) in [5.41, 5.74) is -2.46. The van der Waals surface area contributed by atoms with E-state index >= 15 is 8.78 Å². The summed E-state index contributed by atoms with van der Waals surface area (Å²) in [4.78, 5) is 26.1. The molecular weight excluding hydrogens is 434 g/mol. The first-order chi connectivity index (χ1) is 15.4. The Bertz CT molecular complexity index is 1230. The molecule has 1 unspecified atom stereocenters. The van der Waals surface area contributed by atoms with Crippen molar-refractivity contribution in [1.82, 2.24) is 9.88 Å². The molecule has 2 aromatic rings. The van der Waals surface area contributed by atoms with E-state index in [1.54, 1.807) is 27.7 Å². The second-order valence-corrected chi connectivity index (χ2v) is 9.65. The zero-order chi connectivity index (χ0) is 24.1. The number of alkyl halides is 1. The Morgan fingerprint density at radius 3 is 2.82 bits per heavy atom. The van der Waals surface area contributed by atoms with Gasteiger partial charge in [-0.3, -0.25) is 9.36 Å². The van der Waals surface area contributed by atoms with Crippen LogP contribution in [0.15, 0.2) is 16.9 Å². The standard InChI is InChI=1S/C23H26F2N4O4/c1-13-10-32-20-18-15(14(9-26)7-17(30)29(13)18)8-16(24)19(20)28-6-5-23(25,12-28)11-27-21(31)33-22(2,3)4/h7-8,13H,5-6,10-12H2,1-4H3,(H,27,31)/t13-,23?/m0/s1. The Morgan fingerprint density at radius 2 is 2.15 bits per heavy atom. The number of hydrogen-bond donors (Lipinski definition) is 1. The Balaban J connectivity index is 1.68. The number of amides is 1. The molecule has 0 spiro atoms. The van der Waals surface area contributed by atoms with Gasteiger partial charge in [-0.25, -0.2) is 13.6 Å². The number of pyridine rings is 1. The lowest BCUT2D eigenvalue weighted by atomic mass is 10.0. The smallest absolute Gasteiger partial charge is 0.407 e. The summed E-state index contributed by atoms with van der Waals surface area (Å²) < 4.78 is 43.3. The number of ether oxygens (including phenoxy) is 2. The number of carbonyl (C=O) groups excluding carboxylic acids is 1. The van der Waals surface area contributed by atoms with E-state index in [-0.39, 0.29) is 66.6 Å².